The molecule has 3 aromatic rings. The number of benzene rings is 2. The molecule has 2 heterocycles. The van der Waals surface area contributed by atoms with Gasteiger partial charge in [0.25, 0.3) is 11.2 Å². The van der Waals surface area contributed by atoms with E-state index in [9.17, 15) is 14.9 Å². The van der Waals surface area contributed by atoms with Crippen LogP contribution in [-0.4, -0.2) is 28.2 Å². The molecule has 1 N–H and O–H groups in total. The predicted octanol–water partition coefficient (Wildman–Crippen LogP) is 2.59. The van der Waals surface area contributed by atoms with E-state index in [1.165, 1.54) is 12.4 Å². The van der Waals surface area contributed by atoms with Gasteiger partial charge in [-0.15, -0.1) is 0 Å². The van der Waals surface area contributed by atoms with Crippen LogP contribution in [0.3, 0.4) is 0 Å². The molecule has 0 aliphatic carbocycles. The minimum absolute atomic E-state index is 0.136. The van der Waals surface area contributed by atoms with Gasteiger partial charge in [0.1, 0.15) is 5.69 Å². The van der Waals surface area contributed by atoms with Crippen molar-refractivity contribution in [3.63, 3.8) is 0 Å². The molecule has 0 saturated carbocycles. The molecule has 0 radical (unpaired) electrons. The molecule has 0 bridgehead atoms. The molecule has 1 aromatic heterocycles. The van der Waals surface area contributed by atoms with Gasteiger partial charge < -0.3 is 19.4 Å². The van der Waals surface area contributed by atoms with Crippen LogP contribution in [0.1, 0.15) is 12.5 Å². The summed E-state index contributed by atoms with van der Waals surface area (Å²) < 4.78 is 10.7. The average Bonchev–Trinajstić information content (AvgIpc) is 3.13. The van der Waals surface area contributed by atoms with E-state index in [0.29, 0.717) is 35.8 Å². The number of hydrogen-bond donors (Lipinski definition) is 1. The number of hydrogen-bond acceptors (Lipinski definition) is 7. The minimum atomic E-state index is -0.483. The summed E-state index contributed by atoms with van der Waals surface area (Å²) in [7, 11) is 0. The molecule has 9 nitrogen and oxygen atoms in total. The van der Waals surface area contributed by atoms with Crippen molar-refractivity contribution in [2.24, 2.45) is 0 Å². The van der Waals surface area contributed by atoms with Crippen molar-refractivity contribution in [1.82, 2.24) is 9.97 Å². The fourth-order valence-electron chi connectivity index (χ4n) is 3.12. The topological polar surface area (TPSA) is 111 Å². The standard InChI is InChI=1S/C18H16N4O5/c1-2-21(8-11-3-4-16-17(5-11)27-10-26-16)14-7-13-12(6-15(14)22(24)25)18(23)20-9-19-13/h3-7,9H,2,8,10H2,1H3,(H,19,20,23). The summed E-state index contributed by atoms with van der Waals surface area (Å²) >= 11 is 0. The molecule has 0 atom stereocenters. The number of anilines is 1. The van der Waals surface area contributed by atoms with Crippen molar-refractivity contribution >= 4 is 22.3 Å². The second kappa shape index (κ2) is 6.60. The normalized spacial score (nSPS) is 12.3. The smallest absolute Gasteiger partial charge is 0.293 e. The zero-order valence-corrected chi connectivity index (χ0v) is 14.5. The van der Waals surface area contributed by atoms with E-state index in [1.54, 1.807) is 6.07 Å². The van der Waals surface area contributed by atoms with Gasteiger partial charge in [-0.25, -0.2) is 4.98 Å². The Hall–Kier alpha value is -3.62. The van der Waals surface area contributed by atoms with Gasteiger partial charge in [0.15, 0.2) is 11.5 Å². The third-order valence-corrected chi connectivity index (χ3v) is 4.47. The van der Waals surface area contributed by atoms with Gasteiger partial charge in [0, 0.05) is 19.2 Å². The van der Waals surface area contributed by atoms with Crippen LogP contribution in [0.2, 0.25) is 0 Å². The molecule has 1 aliphatic heterocycles. The molecule has 0 saturated heterocycles. The third kappa shape index (κ3) is 3.03. The van der Waals surface area contributed by atoms with Crippen LogP contribution in [0.25, 0.3) is 10.9 Å². The molecule has 1 aliphatic rings. The van der Waals surface area contributed by atoms with Crippen molar-refractivity contribution in [3.05, 3.63) is 62.7 Å². The van der Waals surface area contributed by atoms with Crippen LogP contribution >= 0.6 is 0 Å². The highest BCUT2D eigenvalue weighted by atomic mass is 16.7. The van der Waals surface area contributed by atoms with E-state index in [4.69, 9.17) is 9.47 Å². The zero-order valence-electron chi connectivity index (χ0n) is 14.5. The predicted molar refractivity (Wildman–Crippen MR) is 98.3 cm³/mol. The fourth-order valence-corrected chi connectivity index (χ4v) is 3.12. The van der Waals surface area contributed by atoms with Crippen LogP contribution in [0.4, 0.5) is 11.4 Å². The van der Waals surface area contributed by atoms with E-state index in [-0.39, 0.29) is 17.9 Å². The number of nitro groups is 1. The molecule has 0 amide bonds. The van der Waals surface area contributed by atoms with Crippen LogP contribution in [0, 0.1) is 10.1 Å². The third-order valence-electron chi connectivity index (χ3n) is 4.47. The SMILES string of the molecule is CCN(Cc1ccc2c(c1)OCO2)c1cc2nc[nH]c(=O)c2cc1[N+](=O)[O-]. The Labute approximate surface area is 153 Å². The van der Waals surface area contributed by atoms with Gasteiger partial charge in [-0.1, -0.05) is 6.07 Å². The van der Waals surface area contributed by atoms with E-state index < -0.39 is 10.5 Å². The Morgan fingerprint density at radius 2 is 2.07 bits per heavy atom. The molecule has 0 fully saturated rings. The van der Waals surface area contributed by atoms with Crippen molar-refractivity contribution in [3.8, 4) is 11.5 Å². The number of fused-ring (bicyclic) bond motifs is 2. The van der Waals surface area contributed by atoms with E-state index in [1.807, 2.05) is 30.0 Å². The number of ether oxygens (including phenoxy) is 2. The first-order chi connectivity index (χ1) is 13.1. The number of nitrogens with zero attached hydrogens (tertiary/aromatic N) is 3. The zero-order chi connectivity index (χ0) is 19.0. The Kier molecular flexibility index (Phi) is 4.11. The second-order valence-electron chi connectivity index (χ2n) is 6.05. The highest BCUT2D eigenvalue weighted by Crippen LogP contribution is 2.35. The molecule has 138 valence electrons. The van der Waals surface area contributed by atoms with Crippen LogP contribution in [0.15, 0.2) is 41.5 Å². The number of nitro benzene ring substituents is 1. The minimum Gasteiger partial charge on any atom is -0.454 e. The lowest BCUT2D eigenvalue weighted by atomic mass is 10.1. The van der Waals surface area contributed by atoms with Crippen molar-refractivity contribution < 1.29 is 14.4 Å². The second-order valence-corrected chi connectivity index (χ2v) is 6.05. The summed E-state index contributed by atoms with van der Waals surface area (Å²) in [5.41, 5.74) is 1.20. The van der Waals surface area contributed by atoms with Crippen LogP contribution < -0.4 is 19.9 Å². The van der Waals surface area contributed by atoms with Crippen molar-refractivity contribution in [2.75, 3.05) is 18.2 Å². The largest absolute Gasteiger partial charge is 0.454 e. The summed E-state index contributed by atoms with van der Waals surface area (Å²) in [5.74, 6) is 1.34. The summed E-state index contributed by atoms with van der Waals surface area (Å²) in [4.78, 5) is 31.5. The summed E-state index contributed by atoms with van der Waals surface area (Å²) in [6, 6.07) is 8.44. The molecule has 27 heavy (non-hydrogen) atoms. The number of nitrogens with one attached hydrogen (secondary N) is 1. The first-order valence-electron chi connectivity index (χ1n) is 8.36. The number of rotatable bonds is 5. The molecular weight excluding hydrogens is 352 g/mol. The van der Waals surface area contributed by atoms with Crippen molar-refractivity contribution in [1.29, 1.82) is 0 Å². The lowest BCUT2D eigenvalue weighted by Gasteiger charge is -2.23. The van der Waals surface area contributed by atoms with Gasteiger partial charge >= 0.3 is 0 Å². The molecule has 0 spiro atoms. The number of aromatic amines is 1. The lowest BCUT2D eigenvalue weighted by molar-refractivity contribution is -0.384. The van der Waals surface area contributed by atoms with Gasteiger partial charge in [-0.3, -0.25) is 14.9 Å². The average molecular weight is 368 g/mol. The Morgan fingerprint density at radius 3 is 2.85 bits per heavy atom. The maximum Gasteiger partial charge on any atom is 0.293 e. The highest BCUT2D eigenvalue weighted by Gasteiger charge is 2.22. The Balaban J connectivity index is 1.77. The number of H-pyrrole nitrogens is 1. The quantitative estimate of drug-likeness (QED) is 0.544. The highest BCUT2D eigenvalue weighted by molar-refractivity contribution is 5.87. The first kappa shape index (κ1) is 16.8. The first-order valence-corrected chi connectivity index (χ1v) is 8.36. The van der Waals surface area contributed by atoms with Crippen molar-refractivity contribution in [2.45, 2.75) is 13.5 Å². The summed E-state index contributed by atoms with van der Waals surface area (Å²) in [5, 5.41) is 11.8. The van der Waals surface area contributed by atoms with E-state index in [0.717, 1.165) is 5.56 Å². The number of aromatic nitrogens is 2. The maximum atomic E-state index is 11.9. The lowest BCUT2D eigenvalue weighted by Crippen LogP contribution is -2.23. The molecule has 9 heteroatoms. The van der Waals surface area contributed by atoms with Crippen LogP contribution in [-0.2, 0) is 6.54 Å². The fraction of sp³-hybridized carbons (Fsp3) is 0.222. The van der Waals surface area contributed by atoms with Gasteiger partial charge in [0.2, 0.25) is 6.79 Å². The Morgan fingerprint density at radius 1 is 1.26 bits per heavy atom. The van der Waals surface area contributed by atoms with E-state index in [2.05, 4.69) is 9.97 Å². The molecule has 4 rings (SSSR count). The van der Waals surface area contributed by atoms with E-state index >= 15 is 0 Å². The van der Waals surface area contributed by atoms with Gasteiger partial charge in [0.05, 0.1) is 22.2 Å². The maximum absolute atomic E-state index is 11.9. The van der Waals surface area contributed by atoms with Crippen LogP contribution in [0.5, 0.6) is 11.5 Å². The Bertz CT molecular complexity index is 1090. The molecule has 2 aromatic carbocycles. The monoisotopic (exact) mass is 368 g/mol. The summed E-state index contributed by atoms with van der Waals surface area (Å²) in [6.45, 7) is 3.06. The summed E-state index contributed by atoms with van der Waals surface area (Å²) in [6.07, 6.45) is 1.29. The molecule has 0 unspecified atom stereocenters. The van der Waals surface area contributed by atoms with Gasteiger partial charge in [-0.05, 0) is 30.7 Å². The van der Waals surface area contributed by atoms with Gasteiger partial charge in [-0.2, -0.15) is 0 Å². The molecular formula is C18H16N4O5.